The molecule has 2 aliphatic heterocycles. The minimum absolute atomic E-state index is 0.144. The van der Waals surface area contributed by atoms with E-state index >= 15 is 0 Å². The van der Waals surface area contributed by atoms with E-state index in [1.54, 1.807) is 19.1 Å². The first kappa shape index (κ1) is 15.9. The second kappa shape index (κ2) is 5.61. The van der Waals surface area contributed by atoms with Gasteiger partial charge in [-0.2, -0.15) is 0 Å². The van der Waals surface area contributed by atoms with E-state index in [-0.39, 0.29) is 18.0 Å². The molecular formula is C21H19N3O3. The summed E-state index contributed by atoms with van der Waals surface area (Å²) in [7, 11) is 3.18. The van der Waals surface area contributed by atoms with Gasteiger partial charge in [0.05, 0.1) is 7.11 Å². The maximum atomic E-state index is 12.9. The Morgan fingerprint density at radius 3 is 2.56 bits per heavy atom. The molecule has 136 valence electrons. The lowest BCUT2D eigenvalue weighted by Gasteiger charge is -2.36. The number of rotatable bonds is 2. The molecule has 3 aromatic rings. The summed E-state index contributed by atoms with van der Waals surface area (Å²) < 4.78 is 5.27. The van der Waals surface area contributed by atoms with E-state index in [2.05, 4.69) is 11.1 Å². The zero-order valence-electron chi connectivity index (χ0n) is 15.1. The molecule has 3 amide bonds. The van der Waals surface area contributed by atoms with Crippen LogP contribution in [-0.2, 0) is 11.2 Å². The fourth-order valence-corrected chi connectivity index (χ4v) is 4.34. The van der Waals surface area contributed by atoms with Gasteiger partial charge in [0.15, 0.2) is 0 Å². The number of carbonyl (C=O) groups excluding carboxylic acids is 2. The average Bonchev–Trinajstić information content (AvgIpc) is 3.18. The number of para-hydroxylation sites is 1. The van der Waals surface area contributed by atoms with Gasteiger partial charge < -0.3 is 9.72 Å². The lowest BCUT2D eigenvalue weighted by molar-refractivity contribution is -0.127. The lowest BCUT2D eigenvalue weighted by Crippen LogP contribution is -2.44. The number of hydrogen-bond acceptors (Lipinski definition) is 3. The number of benzene rings is 2. The third-order valence-electron chi connectivity index (χ3n) is 5.69. The first-order valence-corrected chi connectivity index (χ1v) is 8.93. The van der Waals surface area contributed by atoms with Crippen molar-refractivity contribution in [1.29, 1.82) is 0 Å². The highest BCUT2D eigenvalue weighted by atomic mass is 16.5. The number of likely N-dealkylation sites (N-methyl/N-ethyl adjacent to an activating group) is 1. The van der Waals surface area contributed by atoms with Gasteiger partial charge in [-0.3, -0.25) is 14.6 Å². The standard InChI is InChI=1S/C21H19N3O3/c1-23-20(25)17-11-15-14-5-3-4-6-16(14)22-18(15)19(24(17)21(23)26)12-7-9-13(27-2)10-8-12/h3-10,17,19,22H,11H2,1-2H3/t17-,19?/m1/s1. The Balaban J connectivity index is 1.74. The molecule has 3 heterocycles. The summed E-state index contributed by atoms with van der Waals surface area (Å²) in [6.45, 7) is 0. The van der Waals surface area contributed by atoms with Gasteiger partial charge in [0.2, 0.25) is 0 Å². The van der Waals surface area contributed by atoms with Crippen LogP contribution in [0.25, 0.3) is 10.9 Å². The molecule has 27 heavy (non-hydrogen) atoms. The van der Waals surface area contributed by atoms with Crippen molar-refractivity contribution >= 4 is 22.8 Å². The van der Waals surface area contributed by atoms with Crippen LogP contribution in [0.2, 0.25) is 0 Å². The topological polar surface area (TPSA) is 65.6 Å². The van der Waals surface area contributed by atoms with Gasteiger partial charge in [0.25, 0.3) is 5.91 Å². The first-order chi connectivity index (χ1) is 13.1. The molecule has 0 radical (unpaired) electrons. The average molecular weight is 361 g/mol. The van der Waals surface area contributed by atoms with Crippen LogP contribution in [-0.4, -0.2) is 46.9 Å². The lowest BCUT2D eigenvalue weighted by atomic mass is 9.89. The number of ether oxygens (including phenoxy) is 1. The largest absolute Gasteiger partial charge is 0.497 e. The van der Waals surface area contributed by atoms with E-state index in [0.29, 0.717) is 6.42 Å². The van der Waals surface area contributed by atoms with Crippen molar-refractivity contribution in [2.75, 3.05) is 14.2 Å². The van der Waals surface area contributed by atoms with Crippen molar-refractivity contribution in [2.45, 2.75) is 18.5 Å². The number of H-pyrrole nitrogens is 1. The molecule has 2 atom stereocenters. The van der Waals surface area contributed by atoms with Crippen molar-refractivity contribution in [3.63, 3.8) is 0 Å². The zero-order valence-corrected chi connectivity index (χ0v) is 15.1. The van der Waals surface area contributed by atoms with Crippen LogP contribution < -0.4 is 4.74 Å². The predicted molar refractivity (Wildman–Crippen MR) is 101 cm³/mol. The van der Waals surface area contributed by atoms with Crippen LogP contribution in [0.3, 0.4) is 0 Å². The number of amides is 3. The molecule has 6 heteroatoms. The van der Waals surface area contributed by atoms with Crippen LogP contribution in [0.5, 0.6) is 5.75 Å². The molecule has 1 N–H and O–H groups in total. The van der Waals surface area contributed by atoms with Crippen molar-refractivity contribution in [2.24, 2.45) is 0 Å². The van der Waals surface area contributed by atoms with Gasteiger partial charge in [-0.1, -0.05) is 30.3 Å². The number of aromatic amines is 1. The number of urea groups is 1. The molecular weight excluding hydrogens is 342 g/mol. The highest BCUT2D eigenvalue weighted by Crippen LogP contribution is 2.43. The van der Waals surface area contributed by atoms with Crippen LogP contribution in [0.1, 0.15) is 22.9 Å². The quantitative estimate of drug-likeness (QED) is 0.714. The third-order valence-corrected chi connectivity index (χ3v) is 5.69. The number of nitrogens with one attached hydrogen (secondary N) is 1. The number of methoxy groups -OCH3 is 1. The van der Waals surface area contributed by atoms with Crippen LogP contribution in [0.4, 0.5) is 4.79 Å². The minimum Gasteiger partial charge on any atom is -0.497 e. The summed E-state index contributed by atoms with van der Waals surface area (Å²) in [6.07, 6.45) is 0.529. The normalized spacial score (nSPS) is 21.6. The first-order valence-electron chi connectivity index (χ1n) is 8.93. The maximum absolute atomic E-state index is 12.9. The molecule has 1 unspecified atom stereocenters. The summed E-state index contributed by atoms with van der Waals surface area (Å²) in [5.74, 6) is 0.610. The Labute approximate surface area is 156 Å². The number of hydrogen-bond donors (Lipinski definition) is 1. The van der Waals surface area contributed by atoms with Crippen LogP contribution in [0, 0.1) is 0 Å². The molecule has 5 rings (SSSR count). The zero-order chi connectivity index (χ0) is 18.7. The maximum Gasteiger partial charge on any atom is 0.328 e. The second-order valence-corrected chi connectivity index (χ2v) is 7.05. The summed E-state index contributed by atoms with van der Waals surface area (Å²) in [5.41, 5.74) is 4.07. The molecule has 0 bridgehead atoms. The number of aromatic nitrogens is 1. The van der Waals surface area contributed by atoms with Crippen molar-refractivity contribution in [3.8, 4) is 5.75 Å². The second-order valence-electron chi connectivity index (χ2n) is 7.05. The minimum atomic E-state index is -0.471. The van der Waals surface area contributed by atoms with Gasteiger partial charge in [-0.25, -0.2) is 4.79 Å². The monoisotopic (exact) mass is 361 g/mol. The van der Waals surface area contributed by atoms with Gasteiger partial charge in [-0.05, 0) is 29.3 Å². The Bertz CT molecular complexity index is 1070. The summed E-state index contributed by atoms with van der Waals surface area (Å²) in [6, 6.07) is 14.7. The number of carbonyl (C=O) groups is 2. The highest BCUT2D eigenvalue weighted by molar-refractivity contribution is 6.05. The summed E-state index contributed by atoms with van der Waals surface area (Å²) >= 11 is 0. The van der Waals surface area contributed by atoms with Crippen molar-refractivity contribution in [3.05, 3.63) is 65.4 Å². The van der Waals surface area contributed by atoms with Gasteiger partial charge >= 0.3 is 6.03 Å². The van der Waals surface area contributed by atoms with E-state index in [0.717, 1.165) is 33.5 Å². The molecule has 2 aromatic carbocycles. The number of fused-ring (bicyclic) bond motifs is 4. The molecule has 1 aromatic heterocycles. The van der Waals surface area contributed by atoms with Crippen LogP contribution >= 0.6 is 0 Å². The molecule has 0 spiro atoms. The molecule has 1 saturated heterocycles. The number of imide groups is 1. The van der Waals surface area contributed by atoms with Gasteiger partial charge in [-0.15, -0.1) is 0 Å². The smallest absolute Gasteiger partial charge is 0.328 e. The van der Waals surface area contributed by atoms with E-state index in [9.17, 15) is 9.59 Å². The predicted octanol–water partition coefficient (Wildman–Crippen LogP) is 3.08. The summed E-state index contributed by atoms with van der Waals surface area (Å²) in [4.78, 5) is 32.0. The third kappa shape index (κ3) is 2.13. The summed E-state index contributed by atoms with van der Waals surface area (Å²) in [5, 5.41) is 1.11. The molecule has 0 aliphatic carbocycles. The van der Waals surface area contributed by atoms with Gasteiger partial charge in [0.1, 0.15) is 17.8 Å². The van der Waals surface area contributed by atoms with Crippen LogP contribution in [0.15, 0.2) is 48.5 Å². The fourth-order valence-electron chi connectivity index (χ4n) is 4.34. The molecule has 1 fully saturated rings. The Kier molecular flexibility index (Phi) is 3.31. The van der Waals surface area contributed by atoms with E-state index < -0.39 is 6.04 Å². The van der Waals surface area contributed by atoms with Crippen molar-refractivity contribution in [1.82, 2.24) is 14.8 Å². The fraction of sp³-hybridized carbons (Fsp3) is 0.238. The van der Waals surface area contributed by atoms with Gasteiger partial charge in [0, 0.05) is 30.1 Å². The SMILES string of the molecule is COc1ccc(C2c3[nH]c4ccccc4c3C[C@@H]3C(=O)N(C)C(=O)N23)cc1. The molecule has 2 aliphatic rings. The Hall–Kier alpha value is -3.28. The Morgan fingerprint density at radius 1 is 1.07 bits per heavy atom. The van der Waals surface area contributed by atoms with E-state index in [4.69, 9.17) is 4.74 Å². The molecule has 6 nitrogen and oxygen atoms in total. The Morgan fingerprint density at radius 2 is 1.81 bits per heavy atom. The van der Waals surface area contributed by atoms with E-state index in [1.165, 1.54) is 4.90 Å². The van der Waals surface area contributed by atoms with Crippen molar-refractivity contribution < 1.29 is 14.3 Å². The number of nitrogens with zero attached hydrogens (tertiary/aromatic N) is 2. The van der Waals surface area contributed by atoms with E-state index in [1.807, 2.05) is 42.5 Å². The highest BCUT2D eigenvalue weighted by Gasteiger charge is 2.51. The molecule has 0 saturated carbocycles.